The fourth-order valence-electron chi connectivity index (χ4n) is 1.72. The van der Waals surface area contributed by atoms with Crippen LogP contribution >= 0.6 is 38.9 Å². The topological polar surface area (TPSA) is 24.9 Å². The van der Waals surface area contributed by atoms with Crippen molar-refractivity contribution < 1.29 is 0 Å². The third-order valence-electron chi connectivity index (χ3n) is 2.82. The Morgan fingerprint density at radius 1 is 1.44 bits per heavy atom. The SMILES string of the molecule is CNC(C)c1sc(-c2ccc(Br)cc2Cl)nc1C. The van der Waals surface area contributed by atoms with E-state index in [-0.39, 0.29) is 0 Å². The van der Waals surface area contributed by atoms with Gasteiger partial charge in [-0.15, -0.1) is 11.3 Å². The van der Waals surface area contributed by atoms with E-state index in [4.69, 9.17) is 11.6 Å². The zero-order chi connectivity index (χ0) is 13.3. The molecule has 0 radical (unpaired) electrons. The average molecular weight is 346 g/mol. The summed E-state index contributed by atoms with van der Waals surface area (Å²) >= 11 is 11.4. The van der Waals surface area contributed by atoms with E-state index in [1.165, 1.54) is 4.88 Å². The molecule has 96 valence electrons. The summed E-state index contributed by atoms with van der Waals surface area (Å²) in [7, 11) is 1.95. The fraction of sp³-hybridized carbons (Fsp3) is 0.308. The van der Waals surface area contributed by atoms with Gasteiger partial charge in [0.25, 0.3) is 0 Å². The van der Waals surface area contributed by atoms with Crippen molar-refractivity contribution in [3.8, 4) is 10.6 Å². The largest absolute Gasteiger partial charge is 0.312 e. The summed E-state index contributed by atoms with van der Waals surface area (Å²) in [6.07, 6.45) is 0. The normalized spacial score (nSPS) is 12.7. The first-order valence-corrected chi connectivity index (χ1v) is 7.61. The van der Waals surface area contributed by atoms with Crippen LogP contribution in [-0.2, 0) is 0 Å². The number of nitrogens with one attached hydrogen (secondary N) is 1. The Bertz CT molecular complexity index is 568. The van der Waals surface area contributed by atoms with Crippen molar-refractivity contribution in [3.63, 3.8) is 0 Å². The molecule has 1 atom stereocenters. The van der Waals surface area contributed by atoms with Crippen molar-refractivity contribution in [2.24, 2.45) is 0 Å². The zero-order valence-corrected chi connectivity index (χ0v) is 13.6. The molecule has 2 aromatic rings. The number of benzene rings is 1. The summed E-state index contributed by atoms with van der Waals surface area (Å²) in [6, 6.07) is 6.19. The molecule has 0 fully saturated rings. The lowest BCUT2D eigenvalue weighted by atomic mass is 10.2. The lowest BCUT2D eigenvalue weighted by Gasteiger charge is -2.07. The van der Waals surface area contributed by atoms with Crippen LogP contribution in [0.4, 0.5) is 0 Å². The maximum absolute atomic E-state index is 6.26. The Morgan fingerprint density at radius 2 is 2.17 bits per heavy atom. The van der Waals surface area contributed by atoms with Crippen molar-refractivity contribution >= 4 is 38.9 Å². The van der Waals surface area contributed by atoms with Crippen LogP contribution in [0.15, 0.2) is 22.7 Å². The van der Waals surface area contributed by atoms with Crippen LogP contribution in [-0.4, -0.2) is 12.0 Å². The quantitative estimate of drug-likeness (QED) is 0.863. The maximum Gasteiger partial charge on any atom is 0.125 e. The highest BCUT2D eigenvalue weighted by atomic mass is 79.9. The smallest absolute Gasteiger partial charge is 0.125 e. The second kappa shape index (κ2) is 5.70. The first-order valence-electron chi connectivity index (χ1n) is 5.63. The van der Waals surface area contributed by atoms with E-state index >= 15 is 0 Å². The van der Waals surface area contributed by atoms with Gasteiger partial charge in [0.2, 0.25) is 0 Å². The zero-order valence-electron chi connectivity index (χ0n) is 10.4. The Balaban J connectivity index is 2.45. The molecule has 0 bridgehead atoms. The maximum atomic E-state index is 6.26. The molecule has 0 aliphatic carbocycles. The van der Waals surface area contributed by atoms with Gasteiger partial charge in [-0.1, -0.05) is 27.5 Å². The molecule has 0 spiro atoms. The number of thiazole rings is 1. The lowest BCUT2D eigenvalue weighted by Crippen LogP contribution is -2.11. The van der Waals surface area contributed by atoms with Crippen LogP contribution in [0.5, 0.6) is 0 Å². The highest BCUT2D eigenvalue weighted by molar-refractivity contribution is 9.10. The minimum absolute atomic E-state index is 0.311. The van der Waals surface area contributed by atoms with Gasteiger partial charge in [-0.2, -0.15) is 0 Å². The molecular weight excluding hydrogens is 332 g/mol. The molecule has 0 aliphatic heterocycles. The standard InChI is InChI=1S/C13H14BrClN2S/c1-7(16-3)12-8(2)17-13(18-12)10-5-4-9(14)6-11(10)15/h4-7,16H,1-3H3. The number of aryl methyl sites for hydroxylation is 1. The number of nitrogens with zero attached hydrogens (tertiary/aromatic N) is 1. The van der Waals surface area contributed by atoms with Gasteiger partial charge in [-0.05, 0) is 39.1 Å². The summed E-state index contributed by atoms with van der Waals surface area (Å²) < 4.78 is 0.980. The molecule has 1 N–H and O–H groups in total. The van der Waals surface area contributed by atoms with E-state index in [9.17, 15) is 0 Å². The van der Waals surface area contributed by atoms with Gasteiger partial charge in [0.05, 0.1) is 10.7 Å². The van der Waals surface area contributed by atoms with Gasteiger partial charge in [0, 0.05) is 21.0 Å². The predicted octanol–water partition coefficient (Wildman–Crippen LogP) is 4.81. The van der Waals surface area contributed by atoms with E-state index in [2.05, 4.69) is 33.2 Å². The second-order valence-electron chi connectivity index (χ2n) is 4.10. The van der Waals surface area contributed by atoms with Crippen LogP contribution < -0.4 is 5.32 Å². The van der Waals surface area contributed by atoms with E-state index in [1.807, 2.05) is 32.2 Å². The van der Waals surface area contributed by atoms with E-state index in [1.54, 1.807) is 11.3 Å². The van der Waals surface area contributed by atoms with Crippen molar-refractivity contribution in [1.29, 1.82) is 0 Å². The van der Waals surface area contributed by atoms with Gasteiger partial charge in [-0.3, -0.25) is 0 Å². The molecule has 2 nitrogen and oxygen atoms in total. The summed E-state index contributed by atoms with van der Waals surface area (Å²) in [4.78, 5) is 5.88. The monoisotopic (exact) mass is 344 g/mol. The van der Waals surface area contributed by atoms with Gasteiger partial charge in [-0.25, -0.2) is 4.98 Å². The summed E-state index contributed by atoms with van der Waals surface area (Å²) in [5, 5.41) is 4.94. The molecule has 2 rings (SSSR count). The fourth-order valence-corrected chi connectivity index (χ4v) is 3.70. The highest BCUT2D eigenvalue weighted by Crippen LogP contribution is 2.36. The van der Waals surface area contributed by atoms with Crippen LogP contribution in [0.25, 0.3) is 10.6 Å². The number of hydrogen-bond acceptors (Lipinski definition) is 3. The number of rotatable bonds is 3. The summed E-state index contributed by atoms with van der Waals surface area (Å²) in [6.45, 7) is 4.17. The third kappa shape index (κ3) is 2.77. The van der Waals surface area contributed by atoms with Crippen molar-refractivity contribution in [2.45, 2.75) is 19.9 Å². The molecule has 18 heavy (non-hydrogen) atoms. The van der Waals surface area contributed by atoms with Crippen LogP contribution in [0.2, 0.25) is 5.02 Å². The molecule has 5 heteroatoms. The molecular formula is C13H14BrClN2S. The predicted molar refractivity (Wildman–Crippen MR) is 82.5 cm³/mol. The molecule has 1 aromatic heterocycles. The number of hydrogen-bond donors (Lipinski definition) is 1. The molecule has 0 aliphatic rings. The van der Waals surface area contributed by atoms with Crippen LogP contribution in [0, 0.1) is 6.92 Å². The number of halogens is 2. The molecule has 1 unspecified atom stereocenters. The molecule has 1 aromatic carbocycles. The van der Waals surface area contributed by atoms with Crippen molar-refractivity contribution in [3.05, 3.63) is 38.3 Å². The summed E-state index contributed by atoms with van der Waals surface area (Å²) in [5.41, 5.74) is 2.05. The van der Waals surface area contributed by atoms with Crippen molar-refractivity contribution in [2.75, 3.05) is 7.05 Å². The highest BCUT2D eigenvalue weighted by Gasteiger charge is 2.15. The van der Waals surface area contributed by atoms with Crippen LogP contribution in [0.3, 0.4) is 0 Å². The van der Waals surface area contributed by atoms with Crippen LogP contribution in [0.1, 0.15) is 23.5 Å². The Morgan fingerprint density at radius 3 is 2.78 bits per heavy atom. The minimum atomic E-state index is 0.311. The van der Waals surface area contributed by atoms with Crippen molar-refractivity contribution in [1.82, 2.24) is 10.3 Å². The average Bonchev–Trinajstić information content (AvgIpc) is 2.70. The first kappa shape index (κ1) is 14.0. The Kier molecular flexibility index (Phi) is 4.43. The minimum Gasteiger partial charge on any atom is -0.312 e. The molecule has 1 heterocycles. The number of aromatic nitrogens is 1. The van der Waals surface area contributed by atoms with E-state index in [0.717, 1.165) is 25.8 Å². The first-order chi connectivity index (χ1) is 8.52. The molecule has 0 amide bonds. The molecule has 0 saturated carbocycles. The van der Waals surface area contributed by atoms with Gasteiger partial charge >= 0.3 is 0 Å². The van der Waals surface area contributed by atoms with Gasteiger partial charge in [0.15, 0.2) is 0 Å². The van der Waals surface area contributed by atoms with Gasteiger partial charge < -0.3 is 5.32 Å². The Labute approximate surface area is 125 Å². The lowest BCUT2D eigenvalue weighted by molar-refractivity contribution is 0.658. The van der Waals surface area contributed by atoms with E-state index in [0.29, 0.717) is 6.04 Å². The Hall–Kier alpha value is -0.420. The third-order valence-corrected chi connectivity index (χ3v) is 5.00. The second-order valence-corrected chi connectivity index (χ2v) is 6.46. The van der Waals surface area contributed by atoms with E-state index < -0.39 is 0 Å². The summed E-state index contributed by atoms with van der Waals surface area (Å²) in [5.74, 6) is 0. The van der Waals surface area contributed by atoms with Gasteiger partial charge in [0.1, 0.15) is 5.01 Å². The molecule has 0 saturated heterocycles.